The molecular weight excluding hydrogens is 240 g/mol. The molecular formula is C20H25. The maximum atomic E-state index is 4.47. The van der Waals surface area contributed by atoms with Crippen LogP contribution < -0.4 is 0 Å². The maximum Gasteiger partial charge on any atom is -0.000672 e. The highest BCUT2D eigenvalue weighted by Crippen LogP contribution is 2.37. The third-order valence-corrected chi connectivity index (χ3v) is 4.39. The van der Waals surface area contributed by atoms with Crippen LogP contribution in [-0.4, -0.2) is 0 Å². The van der Waals surface area contributed by atoms with Gasteiger partial charge >= 0.3 is 0 Å². The van der Waals surface area contributed by atoms with E-state index in [0.717, 1.165) is 12.8 Å². The van der Waals surface area contributed by atoms with Gasteiger partial charge in [0.25, 0.3) is 0 Å². The fourth-order valence-electron chi connectivity index (χ4n) is 2.99. The molecule has 0 saturated carbocycles. The van der Waals surface area contributed by atoms with Crippen LogP contribution in [0.5, 0.6) is 0 Å². The van der Waals surface area contributed by atoms with E-state index in [2.05, 4.69) is 81.4 Å². The van der Waals surface area contributed by atoms with E-state index in [-0.39, 0.29) is 5.41 Å². The van der Waals surface area contributed by atoms with Gasteiger partial charge in [-0.2, -0.15) is 0 Å². The second kappa shape index (κ2) is 6.74. The molecule has 2 atom stereocenters. The molecule has 2 rings (SSSR count). The Morgan fingerprint density at radius 2 is 1.50 bits per heavy atom. The van der Waals surface area contributed by atoms with Gasteiger partial charge in [0, 0.05) is 0 Å². The highest BCUT2D eigenvalue weighted by atomic mass is 14.4. The van der Waals surface area contributed by atoms with Gasteiger partial charge in [-0.3, -0.25) is 0 Å². The standard InChI is InChI=1S/C20H25/c1-4-11-17(2)20(3,19-14-9-6-10-15-19)16-18-12-7-5-8-13-18/h5-10,12-15,17H,2,4,11,16H2,1,3H3. The summed E-state index contributed by atoms with van der Waals surface area (Å²) in [6.45, 7) is 9.08. The Morgan fingerprint density at radius 3 is 2.05 bits per heavy atom. The van der Waals surface area contributed by atoms with Gasteiger partial charge in [0.2, 0.25) is 0 Å². The minimum Gasteiger partial charge on any atom is -0.0654 e. The molecule has 2 aromatic rings. The first-order valence-electron chi connectivity index (χ1n) is 7.59. The lowest BCUT2D eigenvalue weighted by Gasteiger charge is -2.37. The largest absolute Gasteiger partial charge is 0.0654 e. The van der Waals surface area contributed by atoms with Crippen LogP contribution in [0.4, 0.5) is 0 Å². The highest BCUT2D eigenvalue weighted by Gasteiger charge is 2.32. The van der Waals surface area contributed by atoms with Crippen LogP contribution in [0.15, 0.2) is 60.7 Å². The molecule has 0 bridgehead atoms. The van der Waals surface area contributed by atoms with Gasteiger partial charge in [-0.1, -0.05) is 80.9 Å². The summed E-state index contributed by atoms with van der Waals surface area (Å²) in [5.74, 6) is 0.426. The Hall–Kier alpha value is -1.56. The first-order valence-corrected chi connectivity index (χ1v) is 7.59. The molecule has 0 amide bonds. The van der Waals surface area contributed by atoms with Crippen molar-refractivity contribution >= 4 is 0 Å². The normalized spacial score (nSPS) is 15.6. The van der Waals surface area contributed by atoms with Crippen molar-refractivity contribution < 1.29 is 0 Å². The first kappa shape index (κ1) is 14.8. The predicted octanol–water partition coefficient (Wildman–Crippen LogP) is 5.44. The molecule has 0 aromatic heterocycles. The minimum atomic E-state index is 0.0959. The summed E-state index contributed by atoms with van der Waals surface area (Å²) < 4.78 is 0. The second-order valence-corrected chi connectivity index (χ2v) is 5.93. The zero-order chi connectivity index (χ0) is 14.4. The highest BCUT2D eigenvalue weighted by molar-refractivity contribution is 5.30. The van der Waals surface area contributed by atoms with Crippen LogP contribution in [0.25, 0.3) is 0 Å². The average Bonchev–Trinajstić information content (AvgIpc) is 2.49. The fourth-order valence-corrected chi connectivity index (χ4v) is 2.99. The monoisotopic (exact) mass is 265 g/mol. The summed E-state index contributed by atoms with van der Waals surface area (Å²) in [6, 6.07) is 21.6. The number of rotatable bonds is 6. The van der Waals surface area contributed by atoms with Gasteiger partial charge in [-0.25, -0.2) is 0 Å². The lowest BCUT2D eigenvalue weighted by Crippen LogP contribution is -2.33. The molecule has 0 nitrogen and oxygen atoms in total. The summed E-state index contributed by atoms with van der Waals surface area (Å²) >= 11 is 0. The Kier molecular flexibility index (Phi) is 5.00. The first-order chi connectivity index (χ1) is 9.66. The van der Waals surface area contributed by atoms with E-state index in [0.29, 0.717) is 5.92 Å². The topological polar surface area (TPSA) is 0 Å². The van der Waals surface area contributed by atoms with Crippen molar-refractivity contribution in [2.75, 3.05) is 0 Å². The molecule has 0 aliphatic carbocycles. The SMILES string of the molecule is [CH2]C(CCC)C(C)(Cc1ccccc1)c1ccccc1. The van der Waals surface area contributed by atoms with Gasteiger partial charge in [0.05, 0.1) is 0 Å². The van der Waals surface area contributed by atoms with Gasteiger partial charge in [-0.15, -0.1) is 0 Å². The summed E-state index contributed by atoms with van der Waals surface area (Å²) in [5.41, 5.74) is 2.89. The van der Waals surface area contributed by atoms with E-state index in [4.69, 9.17) is 0 Å². The molecule has 1 radical (unpaired) electrons. The Bertz CT molecular complexity index is 500. The van der Waals surface area contributed by atoms with Crippen LogP contribution in [0.3, 0.4) is 0 Å². The number of hydrogen-bond acceptors (Lipinski definition) is 0. The zero-order valence-electron chi connectivity index (χ0n) is 12.7. The zero-order valence-corrected chi connectivity index (χ0v) is 12.7. The van der Waals surface area contributed by atoms with Crippen LogP contribution >= 0.6 is 0 Å². The average molecular weight is 265 g/mol. The third kappa shape index (κ3) is 3.30. The molecule has 0 heterocycles. The molecule has 0 spiro atoms. The van der Waals surface area contributed by atoms with E-state index in [1.165, 1.54) is 17.5 Å². The van der Waals surface area contributed by atoms with E-state index in [1.807, 2.05) is 0 Å². The van der Waals surface area contributed by atoms with Crippen LogP contribution in [0, 0.1) is 12.8 Å². The number of hydrogen-bond donors (Lipinski definition) is 0. The molecule has 0 aliphatic rings. The van der Waals surface area contributed by atoms with E-state index < -0.39 is 0 Å². The smallest absolute Gasteiger partial charge is 0.000672 e. The van der Waals surface area contributed by atoms with Crippen molar-refractivity contribution in [3.8, 4) is 0 Å². The molecule has 0 saturated heterocycles. The van der Waals surface area contributed by atoms with Gasteiger partial charge in [0.15, 0.2) is 0 Å². The van der Waals surface area contributed by atoms with Gasteiger partial charge in [0.1, 0.15) is 0 Å². The minimum absolute atomic E-state index is 0.0959. The second-order valence-electron chi connectivity index (χ2n) is 5.93. The van der Waals surface area contributed by atoms with Gasteiger partial charge < -0.3 is 0 Å². The Labute approximate surface area is 123 Å². The molecule has 0 N–H and O–H groups in total. The van der Waals surface area contributed by atoms with Crippen molar-refractivity contribution in [2.24, 2.45) is 5.92 Å². The summed E-state index contributed by atoms with van der Waals surface area (Å²) in [4.78, 5) is 0. The lowest BCUT2D eigenvalue weighted by molar-refractivity contribution is 0.322. The van der Waals surface area contributed by atoms with Gasteiger partial charge in [-0.05, 0) is 42.2 Å². The van der Waals surface area contributed by atoms with Crippen LogP contribution in [0.2, 0.25) is 0 Å². The summed E-state index contributed by atoms with van der Waals surface area (Å²) in [5, 5.41) is 0. The van der Waals surface area contributed by atoms with Crippen LogP contribution in [0.1, 0.15) is 37.8 Å². The van der Waals surface area contributed by atoms with Crippen LogP contribution in [-0.2, 0) is 11.8 Å². The molecule has 2 unspecified atom stereocenters. The Balaban J connectivity index is 2.34. The van der Waals surface area contributed by atoms with Crippen molar-refractivity contribution in [3.05, 3.63) is 78.7 Å². The molecule has 20 heavy (non-hydrogen) atoms. The summed E-state index contributed by atoms with van der Waals surface area (Å²) in [6.07, 6.45) is 3.40. The quantitative estimate of drug-likeness (QED) is 0.652. The van der Waals surface area contributed by atoms with Crippen molar-refractivity contribution in [1.29, 1.82) is 0 Å². The molecule has 0 heteroatoms. The van der Waals surface area contributed by atoms with E-state index in [1.54, 1.807) is 0 Å². The molecule has 2 aromatic carbocycles. The van der Waals surface area contributed by atoms with Crippen molar-refractivity contribution in [2.45, 2.75) is 38.5 Å². The molecule has 105 valence electrons. The fraction of sp³-hybridized carbons (Fsp3) is 0.350. The lowest BCUT2D eigenvalue weighted by atomic mass is 9.67. The third-order valence-electron chi connectivity index (χ3n) is 4.39. The Morgan fingerprint density at radius 1 is 0.950 bits per heavy atom. The maximum absolute atomic E-state index is 4.47. The van der Waals surface area contributed by atoms with Crippen molar-refractivity contribution in [3.63, 3.8) is 0 Å². The van der Waals surface area contributed by atoms with Crippen molar-refractivity contribution in [1.82, 2.24) is 0 Å². The van der Waals surface area contributed by atoms with E-state index >= 15 is 0 Å². The summed E-state index contributed by atoms with van der Waals surface area (Å²) in [7, 11) is 0. The predicted molar refractivity (Wildman–Crippen MR) is 87.7 cm³/mol. The van der Waals surface area contributed by atoms with E-state index in [9.17, 15) is 0 Å². The number of benzene rings is 2. The molecule has 0 aliphatic heterocycles. The molecule has 0 fully saturated rings.